The molecular formula is C11H25NS. The van der Waals surface area contributed by atoms with Crippen LogP contribution in [0.5, 0.6) is 0 Å². The second kappa shape index (κ2) is 3.32. The quantitative estimate of drug-likeness (QED) is 0.516. The van der Waals surface area contributed by atoms with Crippen LogP contribution in [0, 0.1) is 0 Å². The molecule has 0 aromatic rings. The van der Waals surface area contributed by atoms with Crippen molar-refractivity contribution in [2.45, 2.75) is 24.1 Å². The van der Waals surface area contributed by atoms with Crippen LogP contribution in [-0.4, -0.2) is 43.4 Å². The maximum absolute atomic E-state index is 3.32. The maximum atomic E-state index is 3.32. The monoisotopic (exact) mass is 203 g/mol. The lowest BCUT2D eigenvalue weighted by atomic mass is 10.0. The topological polar surface area (TPSA) is 12.0 Å². The number of hydrogen-bond donors (Lipinski definition) is 2. The van der Waals surface area contributed by atoms with Gasteiger partial charge in [-0.2, -0.15) is 0 Å². The molecule has 0 saturated heterocycles. The van der Waals surface area contributed by atoms with Gasteiger partial charge in [0.05, 0.1) is 0 Å². The van der Waals surface area contributed by atoms with E-state index in [1.807, 2.05) is 7.05 Å². The highest BCUT2D eigenvalue weighted by atomic mass is 32.3. The molecule has 0 bridgehead atoms. The van der Waals surface area contributed by atoms with Crippen LogP contribution >= 0.6 is 9.16 Å². The summed E-state index contributed by atoms with van der Waals surface area (Å²) in [5.74, 6) is 0. The molecule has 0 saturated carbocycles. The first-order chi connectivity index (χ1) is 5.80. The summed E-state index contributed by atoms with van der Waals surface area (Å²) in [6.45, 7) is 0. The van der Waals surface area contributed by atoms with Crippen molar-refractivity contribution in [3.63, 3.8) is 0 Å². The Hall–Kier alpha value is 0.0500. The summed E-state index contributed by atoms with van der Waals surface area (Å²) in [6.07, 6.45) is 17.4. The lowest BCUT2D eigenvalue weighted by Crippen LogP contribution is -2.33. The van der Waals surface area contributed by atoms with E-state index in [0.29, 0.717) is 6.04 Å². The predicted molar refractivity (Wildman–Crippen MR) is 67.7 cm³/mol. The number of likely N-dealkylation sites (N-methyl/N-ethyl adjacent to an activating group) is 1. The third kappa shape index (κ3) is 3.03. The Morgan fingerprint density at radius 2 is 1.69 bits per heavy atom. The average molecular weight is 203 g/mol. The fourth-order valence-electron chi connectivity index (χ4n) is 1.91. The summed E-state index contributed by atoms with van der Waals surface area (Å²) in [5, 5.41) is 4.16. The van der Waals surface area contributed by atoms with Gasteiger partial charge in [-0.25, -0.2) is 0 Å². The fraction of sp³-hybridized carbons (Fsp3) is 0.818. The van der Waals surface area contributed by atoms with Crippen LogP contribution in [0.25, 0.3) is 0 Å². The van der Waals surface area contributed by atoms with Crippen LogP contribution in [-0.2, 0) is 0 Å². The van der Waals surface area contributed by atoms with E-state index >= 15 is 0 Å². The first-order valence-electron chi connectivity index (χ1n) is 5.15. The van der Waals surface area contributed by atoms with Gasteiger partial charge in [0.25, 0.3) is 0 Å². The van der Waals surface area contributed by atoms with Crippen molar-refractivity contribution in [3.05, 3.63) is 12.2 Å². The van der Waals surface area contributed by atoms with Crippen molar-refractivity contribution in [1.82, 2.24) is 5.32 Å². The van der Waals surface area contributed by atoms with Gasteiger partial charge in [-0.05, 0) is 50.2 Å². The van der Waals surface area contributed by atoms with Gasteiger partial charge in [0, 0.05) is 6.04 Å². The first kappa shape index (κ1) is 11.1. The summed E-state index contributed by atoms with van der Waals surface area (Å²) in [7, 11) is 0.673. The van der Waals surface area contributed by atoms with Crippen molar-refractivity contribution in [2.75, 3.05) is 32.1 Å². The van der Waals surface area contributed by atoms with Crippen molar-refractivity contribution in [1.29, 1.82) is 0 Å². The summed E-state index contributed by atoms with van der Waals surface area (Å²) in [4.78, 5) is 0. The molecule has 1 aliphatic rings. The van der Waals surface area contributed by atoms with Crippen LogP contribution in [0.2, 0.25) is 0 Å². The number of nitrogens with one attached hydrogen (secondary N) is 1. The Balaban J connectivity index is 2.69. The molecule has 0 fully saturated rings. The SMILES string of the molecule is CNC1C=CC([SH](C)(C)(C)C)CC1. The molecule has 13 heavy (non-hydrogen) atoms. The normalized spacial score (nSPS) is 32.5. The molecule has 2 atom stereocenters. The number of hydrogen-bond acceptors (Lipinski definition) is 1. The molecular weight excluding hydrogens is 178 g/mol. The molecule has 0 radical (unpaired) electrons. The van der Waals surface area contributed by atoms with Gasteiger partial charge in [0.1, 0.15) is 0 Å². The summed E-state index contributed by atoms with van der Waals surface area (Å²) >= 11 is 0. The van der Waals surface area contributed by atoms with Crippen LogP contribution in [0.3, 0.4) is 0 Å². The van der Waals surface area contributed by atoms with Gasteiger partial charge in [0.2, 0.25) is 0 Å². The first-order valence-corrected chi connectivity index (χ1v) is 9.25. The van der Waals surface area contributed by atoms with E-state index in [1.165, 1.54) is 12.8 Å². The molecule has 0 aliphatic heterocycles. The molecule has 0 spiro atoms. The minimum absolute atomic E-state index is 0.620. The van der Waals surface area contributed by atoms with Crippen LogP contribution in [0.1, 0.15) is 12.8 Å². The molecule has 1 nitrogen and oxygen atoms in total. The number of thiol groups is 1. The highest BCUT2D eigenvalue weighted by molar-refractivity contribution is 8.48. The minimum Gasteiger partial charge on any atom is -0.314 e. The second-order valence-electron chi connectivity index (χ2n) is 6.14. The van der Waals surface area contributed by atoms with Crippen molar-refractivity contribution in [2.24, 2.45) is 0 Å². The van der Waals surface area contributed by atoms with Gasteiger partial charge < -0.3 is 5.32 Å². The third-order valence-electron chi connectivity index (χ3n) is 3.04. The van der Waals surface area contributed by atoms with Gasteiger partial charge >= 0.3 is 0 Å². The van der Waals surface area contributed by atoms with Crippen LogP contribution in [0.15, 0.2) is 12.2 Å². The van der Waals surface area contributed by atoms with E-state index in [-0.39, 0.29) is 0 Å². The Bertz CT molecular complexity index is 203. The summed E-state index contributed by atoms with van der Waals surface area (Å²) < 4.78 is 0. The van der Waals surface area contributed by atoms with Crippen molar-refractivity contribution in [3.8, 4) is 0 Å². The Morgan fingerprint density at radius 1 is 1.08 bits per heavy atom. The second-order valence-corrected chi connectivity index (χ2v) is 14.2. The van der Waals surface area contributed by atoms with Crippen LogP contribution in [0.4, 0.5) is 0 Å². The van der Waals surface area contributed by atoms with E-state index < -0.39 is 9.16 Å². The van der Waals surface area contributed by atoms with Crippen molar-refractivity contribution < 1.29 is 0 Å². The molecule has 0 aromatic heterocycles. The molecule has 1 aliphatic carbocycles. The lowest BCUT2D eigenvalue weighted by molar-refractivity contribution is 0.569. The van der Waals surface area contributed by atoms with Crippen LogP contribution < -0.4 is 5.32 Å². The predicted octanol–water partition coefficient (Wildman–Crippen LogP) is 1.88. The Kier molecular flexibility index (Phi) is 2.84. The highest BCUT2D eigenvalue weighted by Gasteiger charge is 2.30. The third-order valence-corrected chi connectivity index (χ3v) is 6.12. The molecule has 2 unspecified atom stereocenters. The molecule has 0 heterocycles. The van der Waals surface area contributed by atoms with E-state index in [4.69, 9.17) is 0 Å². The lowest BCUT2D eigenvalue weighted by Gasteiger charge is -2.54. The minimum atomic E-state index is -1.37. The molecule has 0 amide bonds. The van der Waals surface area contributed by atoms with E-state index in [9.17, 15) is 0 Å². The summed E-state index contributed by atoms with van der Waals surface area (Å²) in [6, 6.07) is 0.620. The largest absolute Gasteiger partial charge is 0.314 e. The zero-order valence-electron chi connectivity index (χ0n) is 9.67. The van der Waals surface area contributed by atoms with E-state index in [2.05, 4.69) is 42.5 Å². The van der Waals surface area contributed by atoms with Gasteiger partial charge in [0.15, 0.2) is 0 Å². The molecule has 1 N–H and O–H groups in total. The average Bonchev–Trinajstić information content (AvgIpc) is 2.02. The molecule has 0 aromatic carbocycles. The molecule has 2 heteroatoms. The maximum Gasteiger partial charge on any atom is 0.0247 e. The smallest absolute Gasteiger partial charge is 0.0247 e. The Labute approximate surface area is 83.3 Å². The van der Waals surface area contributed by atoms with E-state index in [1.54, 1.807) is 0 Å². The Morgan fingerprint density at radius 3 is 2.00 bits per heavy atom. The summed E-state index contributed by atoms with van der Waals surface area (Å²) in [5.41, 5.74) is 0. The zero-order valence-corrected chi connectivity index (χ0v) is 10.6. The molecule has 80 valence electrons. The van der Waals surface area contributed by atoms with E-state index in [0.717, 1.165) is 5.25 Å². The zero-order chi connectivity index (χ0) is 10.1. The highest BCUT2D eigenvalue weighted by Crippen LogP contribution is 2.62. The van der Waals surface area contributed by atoms with Gasteiger partial charge in [-0.1, -0.05) is 12.2 Å². The number of rotatable bonds is 2. The standard InChI is InChI=1S/C11H25NS/c1-12-10-6-8-11(9-7-10)13(2,3,4)5/h6,8,10-13H,7,9H2,1-5H3. The molecule has 1 rings (SSSR count). The van der Waals surface area contributed by atoms with Crippen molar-refractivity contribution >= 4 is 9.16 Å². The van der Waals surface area contributed by atoms with Gasteiger partial charge in [-0.15, -0.1) is 0 Å². The van der Waals surface area contributed by atoms with Gasteiger partial charge in [-0.3, -0.25) is 9.16 Å². The fourth-order valence-corrected chi connectivity index (χ4v) is 3.88.